The van der Waals surface area contributed by atoms with Crippen LogP contribution in [0.3, 0.4) is 0 Å². The molecule has 0 saturated heterocycles. The van der Waals surface area contributed by atoms with E-state index in [2.05, 4.69) is 27.3 Å². The molecule has 1 atom stereocenters. The Bertz CT molecular complexity index is 802. The second-order valence-corrected chi connectivity index (χ2v) is 6.42. The highest BCUT2D eigenvalue weighted by Gasteiger charge is 2.20. The monoisotopic (exact) mass is 346 g/mol. The van der Waals surface area contributed by atoms with E-state index in [0.29, 0.717) is 22.8 Å². The molecule has 0 fully saturated rings. The first-order chi connectivity index (χ1) is 11.7. The standard InChI is InChI=1S/C16H18N4O3S/c1-4-7-13-17-14(23-20-13)10(2)24-16-19-18-15(22-16)11-8-5-6-9-12(11)21-3/h5-6,8-10H,4,7H2,1-3H3. The van der Waals surface area contributed by atoms with Crippen LogP contribution in [-0.2, 0) is 6.42 Å². The van der Waals surface area contributed by atoms with Crippen molar-refractivity contribution in [2.45, 2.75) is 37.2 Å². The van der Waals surface area contributed by atoms with E-state index in [1.807, 2.05) is 31.2 Å². The van der Waals surface area contributed by atoms with Crippen molar-refractivity contribution in [2.24, 2.45) is 0 Å². The summed E-state index contributed by atoms with van der Waals surface area (Å²) in [6, 6.07) is 7.51. The molecule has 7 nitrogen and oxygen atoms in total. The Kier molecular flexibility index (Phi) is 5.14. The van der Waals surface area contributed by atoms with E-state index in [1.54, 1.807) is 7.11 Å². The van der Waals surface area contributed by atoms with Crippen molar-refractivity contribution in [3.8, 4) is 17.2 Å². The van der Waals surface area contributed by atoms with Gasteiger partial charge in [-0.05, 0) is 25.5 Å². The van der Waals surface area contributed by atoms with Crippen LogP contribution in [0, 0.1) is 0 Å². The van der Waals surface area contributed by atoms with Gasteiger partial charge in [-0.15, -0.1) is 10.2 Å². The van der Waals surface area contributed by atoms with Gasteiger partial charge in [0, 0.05) is 6.42 Å². The number of hydrogen-bond donors (Lipinski definition) is 0. The lowest BCUT2D eigenvalue weighted by molar-refractivity contribution is 0.373. The molecule has 0 bridgehead atoms. The normalized spacial score (nSPS) is 12.3. The van der Waals surface area contributed by atoms with Crippen LogP contribution in [0.4, 0.5) is 0 Å². The molecular weight excluding hydrogens is 328 g/mol. The molecule has 0 aliphatic carbocycles. The average Bonchev–Trinajstić information content (AvgIpc) is 3.25. The fraction of sp³-hybridized carbons (Fsp3) is 0.375. The largest absolute Gasteiger partial charge is 0.496 e. The third-order valence-corrected chi connectivity index (χ3v) is 4.25. The molecule has 0 N–H and O–H groups in total. The minimum atomic E-state index is -0.0749. The van der Waals surface area contributed by atoms with E-state index in [0.717, 1.165) is 24.2 Å². The van der Waals surface area contributed by atoms with Crippen LogP contribution >= 0.6 is 11.8 Å². The zero-order valence-corrected chi connectivity index (χ0v) is 14.5. The lowest BCUT2D eigenvalue weighted by Gasteiger charge is -2.03. The second kappa shape index (κ2) is 7.48. The van der Waals surface area contributed by atoms with Crippen molar-refractivity contribution in [3.05, 3.63) is 36.0 Å². The van der Waals surface area contributed by atoms with Gasteiger partial charge in [0.15, 0.2) is 5.82 Å². The minimum Gasteiger partial charge on any atom is -0.496 e. The number of hydrogen-bond acceptors (Lipinski definition) is 8. The van der Waals surface area contributed by atoms with Crippen LogP contribution < -0.4 is 4.74 Å². The van der Waals surface area contributed by atoms with Gasteiger partial charge in [0.05, 0.1) is 17.9 Å². The van der Waals surface area contributed by atoms with Crippen molar-refractivity contribution in [2.75, 3.05) is 7.11 Å². The first kappa shape index (κ1) is 16.5. The molecule has 8 heteroatoms. The number of thioether (sulfide) groups is 1. The van der Waals surface area contributed by atoms with Crippen LogP contribution in [0.25, 0.3) is 11.5 Å². The number of para-hydroxylation sites is 1. The molecular formula is C16H18N4O3S. The van der Waals surface area contributed by atoms with Gasteiger partial charge < -0.3 is 13.7 Å². The Balaban J connectivity index is 1.73. The van der Waals surface area contributed by atoms with E-state index in [9.17, 15) is 0 Å². The molecule has 0 aliphatic heterocycles. The summed E-state index contributed by atoms with van der Waals surface area (Å²) in [5, 5.41) is 12.5. The molecule has 0 radical (unpaired) electrons. The highest BCUT2D eigenvalue weighted by molar-refractivity contribution is 7.99. The van der Waals surface area contributed by atoms with Crippen LogP contribution in [-0.4, -0.2) is 27.4 Å². The van der Waals surface area contributed by atoms with E-state index in [4.69, 9.17) is 13.7 Å². The number of ether oxygens (including phenoxy) is 1. The molecule has 1 unspecified atom stereocenters. The maximum atomic E-state index is 5.73. The maximum absolute atomic E-state index is 5.73. The van der Waals surface area contributed by atoms with Gasteiger partial charge in [-0.25, -0.2) is 0 Å². The molecule has 0 aliphatic rings. The lowest BCUT2D eigenvalue weighted by atomic mass is 10.2. The fourth-order valence-electron chi connectivity index (χ4n) is 2.15. The summed E-state index contributed by atoms with van der Waals surface area (Å²) >= 11 is 1.38. The summed E-state index contributed by atoms with van der Waals surface area (Å²) in [5.41, 5.74) is 0.759. The van der Waals surface area contributed by atoms with Gasteiger partial charge in [-0.2, -0.15) is 4.98 Å². The summed E-state index contributed by atoms with van der Waals surface area (Å²) in [5.74, 6) is 2.38. The number of aromatic nitrogens is 4. The molecule has 0 spiro atoms. The number of aryl methyl sites for hydroxylation is 1. The number of benzene rings is 1. The first-order valence-corrected chi connectivity index (χ1v) is 8.55. The first-order valence-electron chi connectivity index (χ1n) is 7.67. The number of nitrogens with zero attached hydrogens (tertiary/aromatic N) is 4. The van der Waals surface area contributed by atoms with Gasteiger partial charge in [0.25, 0.3) is 11.1 Å². The molecule has 24 heavy (non-hydrogen) atoms. The molecule has 0 saturated carbocycles. The van der Waals surface area contributed by atoms with Gasteiger partial charge in [-0.1, -0.05) is 36.0 Å². The molecule has 3 rings (SSSR count). The lowest BCUT2D eigenvalue weighted by Crippen LogP contribution is -1.90. The molecule has 1 aromatic carbocycles. The molecule has 0 amide bonds. The van der Waals surface area contributed by atoms with Gasteiger partial charge in [0.2, 0.25) is 5.89 Å². The van der Waals surface area contributed by atoms with E-state index < -0.39 is 0 Å². The molecule has 2 aromatic heterocycles. The van der Waals surface area contributed by atoms with E-state index in [-0.39, 0.29) is 5.25 Å². The van der Waals surface area contributed by atoms with Crippen molar-refractivity contribution >= 4 is 11.8 Å². The van der Waals surface area contributed by atoms with Crippen molar-refractivity contribution in [3.63, 3.8) is 0 Å². The summed E-state index contributed by atoms with van der Waals surface area (Å²) in [7, 11) is 1.61. The summed E-state index contributed by atoms with van der Waals surface area (Å²) < 4.78 is 16.3. The van der Waals surface area contributed by atoms with Crippen molar-refractivity contribution in [1.82, 2.24) is 20.3 Å². The summed E-state index contributed by atoms with van der Waals surface area (Å²) in [4.78, 5) is 4.38. The van der Waals surface area contributed by atoms with Crippen molar-refractivity contribution in [1.29, 1.82) is 0 Å². The fourth-order valence-corrected chi connectivity index (χ4v) is 2.86. The number of methoxy groups -OCH3 is 1. The predicted molar refractivity (Wildman–Crippen MR) is 88.9 cm³/mol. The average molecular weight is 346 g/mol. The Morgan fingerprint density at radius 2 is 2.08 bits per heavy atom. The zero-order valence-electron chi connectivity index (χ0n) is 13.7. The quantitative estimate of drug-likeness (QED) is 0.595. The summed E-state index contributed by atoms with van der Waals surface area (Å²) in [6.45, 7) is 4.03. The zero-order chi connectivity index (χ0) is 16.9. The van der Waals surface area contributed by atoms with Gasteiger partial charge in [-0.3, -0.25) is 0 Å². The minimum absolute atomic E-state index is 0.0749. The Hall–Kier alpha value is -2.35. The highest BCUT2D eigenvalue weighted by Crippen LogP contribution is 2.36. The van der Waals surface area contributed by atoms with Gasteiger partial charge in [0.1, 0.15) is 5.75 Å². The molecule has 3 aromatic rings. The second-order valence-electron chi connectivity index (χ2n) is 5.13. The number of rotatable bonds is 7. The van der Waals surface area contributed by atoms with Crippen LogP contribution in [0.1, 0.15) is 37.2 Å². The SMILES string of the molecule is CCCc1noc(C(C)Sc2nnc(-c3ccccc3OC)o2)n1. The van der Waals surface area contributed by atoms with E-state index >= 15 is 0 Å². The Labute approximate surface area is 143 Å². The van der Waals surface area contributed by atoms with Gasteiger partial charge >= 0.3 is 0 Å². The topological polar surface area (TPSA) is 87.1 Å². The maximum Gasteiger partial charge on any atom is 0.277 e. The highest BCUT2D eigenvalue weighted by atomic mass is 32.2. The molecule has 126 valence electrons. The third-order valence-electron chi connectivity index (χ3n) is 3.33. The predicted octanol–water partition coefficient (Wildman–Crippen LogP) is 3.93. The summed E-state index contributed by atoms with van der Waals surface area (Å²) in [6.07, 6.45) is 1.78. The molecule has 2 heterocycles. The van der Waals surface area contributed by atoms with E-state index in [1.165, 1.54) is 11.8 Å². The van der Waals surface area contributed by atoms with Crippen LogP contribution in [0.15, 0.2) is 38.4 Å². The Morgan fingerprint density at radius 1 is 1.25 bits per heavy atom. The third kappa shape index (κ3) is 3.59. The Morgan fingerprint density at radius 3 is 2.88 bits per heavy atom. The van der Waals surface area contributed by atoms with Crippen LogP contribution in [0.5, 0.6) is 5.75 Å². The van der Waals surface area contributed by atoms with Crippen molar-refractivity contribution < 1.29 is 13.7 Å². The van der Waals surface area contributed by atoms with Crippen LogP contribution in [0.2, 0.25) is 0 Å². The smallest absolute Gasteiger partial charge is 0.277 e.